The summed E-state index contributed by atoms with van der Waals surface area (Å²) >= 11 is 5.79. The topological polar surface area (TPSA) is 42.1 Å². The summed E-state index contributed by atoms with van der Waals surface area (Å²) in [6, 6.07) is 9.94. The molecule has 2 heterocycles. The van der Waals surface area contributed by atoms with E-state index in [9.17, 15) is 0 Å². The highest BCUT2D eigenvalue weighted by atomic mass is 35.5. The second kappa shape index (κ2) is 4.50. The summed E-state index contributed by atoms with van der Waals surface area (Å²) in [4.78, 5) is 6.41. The van der Waals surface area contributed by atoms with E-state index in [-0.39, 0.29) is 0 Å². The van der Waals surface area contributed by atoms with Crippen molar-refractivity contribution < 1.29 is 0 Å². The van der Waals surface area contributed by atoms with Crippen LogP contribution in [-0.4, -0.2) is 11.5 Å². The molecule has 3 nitrogen and oxygen atoms in total. The minimum Gasteiger partial charge on any atom is -0.397 e. The van der Waals surface area contributed by atoms with Crippen LogP contribution in [0.25, 0.3) is 0 Å². The fourth-order valence-electron chi connectivity index (χ4n) is 2.44. The van der Waals surface area contributed by atoms with Gasteiger partial charge in [-0.05, 0) is 29.7 Å². The molecule has 1 aliphatic heterocycles. The second-order valence-corrected chi connectivity index (χ2v) is 4.90. The van der Waals surface area contributed by atoms with E-state index in [4.69, 9.17) is 17.3 Å². The lowest BCUT2D eigenvalue weighted by Gasteiger charge is -2.20. The fourth-order valence-corrected chi connectivity index (χ4v) is 2.56. The Hall–Kier alpha value is -1.74. The molecule has 1 aromatic carbocycles. The molecule has 0 spiro atoms. The number of nitrogen functional groups attached to an aromatic ring is 1. The summed E-state index contributed by atoms with van der Waals surface area (Å²) in [5, 5.41) is 0.528. The van der Waals surface area contributed by atoms with Gasteiger partial charge in [0.15, 0.2) is 0 Å². The zero-order valence-electron chi connectivity index (χ0n) is 9.94. The number of aromatic nitrogens is 1. The molecule has 0 saturated heterocycles. The van der Waals surface area contributed by atoms with Crippen molar-refractivity contribution in [3.63, 3.8) is 0 Å². The number of rotatable bonds is 2. The van der Waals surface area contributed by atoms with Crippen molar-refractivity contribution in [3.8, 4) is 0 Å². The first-order valence-electron chi connectivity index (χ1n) is 5.97. The van der Waals surface area contributed by atoms with Gasteiger partial charge in [-0.1, -0.05) is 29.8 Å². The number of nitrogens with zero attached hydrogens (tertiary/aromatic N) is 2. The van der Waals surface area contributed by atoms with Crippen molar-refractivity contribution in [2.24, 2.45) is 0 Å². The summed E-state index contributed by atoms with van der Waals surface area (Å²) in [5.74, 6) is 0. The standard InChI is InChI=1S/C14H14ClN3/c15-13-5-4-10(8-17-13)9-18-7-6-11-2-1-3-12(16)14(11)18/h1-5,8H,6-7,9,16H2. The Morgan fingerprint density at radius 2 is 2.17 bits per heavy atom. The predicted octanol–water partition coefficient (Wildman–Crippen LogP) is 2.88. The Balaban J connectivity index is 1.86. The van der Waals surface area contributed by atoms with E-state index in [1.54, 1.807) is 0 Å². The third-order valence-electron chi connectivity index (χ3n) is 3.28. The van der Waals surface area contributed by atoms with Crippen LogP contribution in [0.15, 0.2) is 36.5 Å². The minimum absolute atomic E-state index is 0.528. The van der Waals surface area contributed by atoms with Crippen LogP contribution in [0.1, 0.15) is 11.1 Å². The monoisotopic (exact) mass is 259 g/mol. The third-order valence-corrected chi connectivity index (χ3v) is 3.50. The first kappa shape index (κ1) is 11.4. The summed E-state index contributed by atoms with van der Waals surface area (Å²) in [7, 11) is 0. The molecule has 0 unspecified atom stereocenters. The van der Waals surface area contributed by atoms with Gasteiger partial charge < -0.3 is 10.6 Å². The molecule has 1 aromatic heterocycles. The zero-order chi connectivity index (χ0) is 12.5. The molecule has 0 saturated carbocycles. The Kier molecular flexibility index (Phi) is 2.84. The van der Waals surface area contributed by atoms with Crippen molar-refractivity contribution >= 4 is 23.0 Å². The number of benzene rings is 1. The van der Waals surface area contributed by atoms with Gasteiger partial charge in [-0.15, -0.1) is 0 Å². The lowest BCUT2D eigenvalue weighted by atomic mass is 10.1. The van der Waals surface area contributed by atoms with Crippen LogP contribution in [0.2, 0.25) is 5.15 Å². The molecule has 18 heavy (non-hydrogen) atoms. The van der Waals surface area contributed by atoms with E-state index in [0.29, 0.717) is 5.15 Å². The predicted molar refractivity (Wildman–Crippen MR) is 74.9 cm³/mol. The summed E-state index contributed by atoms with van der Waals surface area (Å²) in [6.45, 7) is 1.83. The minimum atomic E-state index is 0.528. The van der Waals surface area contributed by atoms with E-state index in [0.717, 1.165) is 30.8 Å². The molecular formula is C14H14ClN3. The van der Waals surface area contributed by atoms with Gasteiger partial charge in [0.1, 0.15) is 5.15 Å². The molecule has 0 atom stereocenters. The molecule has 0 radical (unpaired) electrons. The van der Waals surface area contributed by atoms with Gasteiger partial charge in [0.2, 0.25) is 0 Å². The lowest BCUT2D eigenvalue weighted by molar-refractivity contribution is 0.833. The Morgan fingerprint density at radius 1 is 1.28 bits per heavy atom. The number of hydrogen-bond acceptors (Lipinski definition) is 3. The first-order chi connectivity index (χ1) is 8.74. The number of hydrogen-bond donors (Lipinski definition) is 1. The average molecular weight is 260 g/mol. The highest BCUT2D eigenvalue weighted by molar-refractivity contribution is 6.29. The quantitative estimate of drug-likeness (QED) is 0.666. The number of fused-ring (bicyclic) bond motifs is 1. The fraction of sp³-hybridized carbons (Fsp3) is 0.214. The van der Waals surface area contributed by atoms with E-state index >= 15 is 0 Å². The van der Waals surface area contributed by atoms with Crippen LogP contribution < -0.4 is 10.6 Å². The van der Waals surface area contributed by atoms with Crippen molar-refractivity contribution in [3.05, 3.63) is 52.8 Å². The smallest absolute Gasteiger partial charge is 0.129 e. The normalized spacial score (nSPS) is 13.7. The zero-order valence-corrected chi connectivity index (χ0v) is 10.7. The Bertz CT molecular complexity index is 566. The van der Waals surface area contributed by atoms with E-state index in [1.165, 1.54) is 11.3 Å². The summed E-state index contributed by atoms with van der Waals surface area (Å²) < 4.78 is 0. The van der Waals surface area contributed by atoms with Gasteiger partial charge >= 0.3 is 0 Å². The van der Waals surface area contributed by atoms with Crippen LogP contribution in [0.4, 0.5) is 11.4 Å². The van der Waals surface area contributed by atoms with Crippen molar-refractivity contribution in [1.29, 1.82) is 0 Å². The molecule has 4 heteroatoms. The largest absolute Gasteiger partial charge is 0.397 e. The van der Waals surface area contributed by atoms with Crippen LogP contribution in [0, 0.1) is 0 Å². The van der Waals surface area contributed by atoms with E-state index in [1.807, 2.05) is 30.5 Å². The molecule has 1 aliphatic rings. The van der Waals surface area contributed by atoms with Gasteiger partial charge in [-0.25, -0.2) is 4.98 Å². The van der Waals surface area contributed by atoms with Crippen molar-refractivity contribution in [2.45, 2.75) is 13.0 Å². The van der Waals surface area contributed by atoms with Crippen LogP contribution in [0.5, 0.6) is 0 Å². The van der Waals surface area contributed by atoms with Crippen molar-refractivity contribution in [2.75, 3.05) is 17.2 Å². The molecule has 2 N–H and O–H groups in total. The number of anilines is 2. The van der Waals surface area contributed by atoms with Crippen molar-refractivity contribution in [1.82, 2.24) is 4.98 Å². The van der Waals surface area contributed by atoms with Crippen LogP contribution in [-0.2, 0) is 13.0 Å². The number of halogens is 1. The summed E-state index contributed by atoms with van der Waals surface area (Å²) in [6.07, 6.45) is 2.88. The lowest BCUT2D eigenvalue weighted by Crippen LogP contribution is -2.20. The summed E-state index contributed by atoms with van der Waals surface area (Å²) in [5.41, 5.74) is 10.6. The number of pyridine rings is 1. The molecular weight excluding hydrogens is 246 g/mol. The van der Waals surface area contributed by atoms with Crippen LogP contribution >= 0.6 is 11.6 Å². The SMILES string of the molecule is Nc1cccc2c1N(Cc1ccc(Cl)nc1)CC2. The molecule has 2 aromatic rings. The van der Waals surface area contributed by atoms with Gasteiger partial charge in [0.05, 0.1) is 11.4 Å². The first-order valence-corrected chi connectivity index (χ1v) is 6.34. The maximum Gasteiger partial charge on any atom is 0.129 e. The highest BCUT2D eigenvalue weighted by Crippen LogP contribution is 2.34. The third kappa shape index (κ3) is 2.02. The molecule has 92 valence electrons. The van der Waals surface area contributed by atoms with E-state index in [2.05, 4.69) is 16.0 Å². The van der Waals surface area contributed by atoms with Gasteiger partial charge in [0, 0.05) is 19.3 Å². The van der Waals surface area contributed by atoms with Gasteiger partial charge in [0.25, 0.3) is 0 Å². The van der Waals surface area contributed by atoms with Gasteiger partial charge in [-0.2, -0.15) is 0 Å². The van der Waals surface area contributed by atoms with Crippen LogP contribution in [0.3, 0.4) is 0 Å². The maximum absolute atomic E-state index is 6.06. The molecule has 0 fully saturated rings. The van der Waals surface area contributed by atoms with E-state index < -0.39 is 0 Å². The Labute approximate surface area is 111 Å². The van der Waals surface area contributed by atoms with Gasteiger partial charge in [-0.3, -0.25) is 0 Å². The average Bonchev–Trinajstić information content (AvgIpc) is 2.77. The number of nitrogens with two attached hydrogens (primary N) is 1. The second-order valence-electron chi connectivity index (χ2n) is 4.52. The molecule has 3 rings (SSSR count). The molecule has 0 aliphatic carbocycles. The molecule has 0 amide bonds. The Morgan fingerprint density at radius 3 is 2.94 bits per heavy atom. The molecule has 0 bridgehead atoms. The number of para-hydroxylation sites is 1. The maximum atomic E-state index is 6.06. The highest BCUT2D eigenvalue weighted by Gasteiger charge is 2.21.